The van der Waals surface area contributed by atoms with Crippen LogP contribution in [0.15, 0.2) is 0 Å². The topological polar surface area (TPSA) is 85.2 Å². The molecule has 0 unspecified atom stereocenters. The first-order valence-corrected chi connectivity index (χ1v) is 4.48. The van der Waals surface area contributed by atoms with Crippen molar-refractivity contribution in [2.45, 2.75) is 24.4 Å². The van der Waals surface area contributed by atoms with Crippen molar-refractivity contribution in [3.8, 4) is 0 Å². The molecular formula is C9H18O6. The summed E-state index contributed by atoms with van der Waals surface area (Å²) >= 11 is 0. The largest absolute Gasteiger partial charge is 0.388 e. The third-order valence-electron chi connectivity index (χ3n) is 2.07. The van der Waals surface area contributed by atoms with Gasteiger partial charge in [0.25, 0.3) is 0 Å². The van der Waals surface area contributed by atoms with Crippen LogP contribution in [0.5, 0.6) is 0 Å². The molecule has 0 saturated heterocycles. The van der Waals surface area contributed by atoms with E-state index in [1.54, 1.807) is 0 Å². The molecule has 0 fully saturated rings. The van der Waals surface area contributed by atoms with Crippen molar-refractivity contribution in [2.75, 3.05) is 27.9 Å². The fourth-order valence-corrected chi connectivity index (χ4v) is 1.25. The number of carbonyl (C=O) groups is 1. The van der Waals surface area contributed by atoms with Gasteiger partial charge < -0.3 is 29.2 Å². The normalized spacial score (nSPS) is 19.3. The summed E-state index contributed by atoms with van der Waals surface area (Å²) in [6, 6.07) is 0. The van der Waals surface area contributed by atoms with Gasteiger partial charge in [0.15, 0.2) is 6.29 Å². The molecule has 0 aromatic heterocycles. The first-order chi connectivity index (χ1) is 7.12. The molecule has 0 amide bonds. The van der Waals surface area contributed by atoms with Crippen LogP contribution in [0.1, 0.15) is 0 Å². The van der Waals surface area contributed by atoms with Crippen LogP contribution in [0.2, 0.25) is 0 Å². The van der Waals surface area contributed by atoms with Crippen molar-refractivity contribution in [1.82, 2.24) is 0 Å². The maximum absolute atomic E-state index is 10.5. The Bertz CT molecular complexity index is 174. The van der Waals surface area contributed by atoms with Gasteiger partial charge in [0.2, 0.25) is 0 Å². The molecule has 15 heavy (non-hydrogen) atoms. The summed E-state index contributed by atoms with van der Waals surface area (Å²) in [4.78, 5) is 10.5. The van der Waals surface area contributed by atoms with E-state index in [0.29, 0.717) is 6.29 Å². The lowest BCUT2D eigenvalue weighted by Crippen LogP contribution is -2.48. The molecule has 0 aromatic carbocycles. The number of hydrogen-bond donors (Lipinski definition) is 2. The van der Waals surface area contributed by atoms with Crippen LogP contribution in [-0.4, -0.2) is 68.9 Å². The Labute approximate surface area is 88.7 Å². The predicted octanol–water partition coefficient (Wildman–Crippen LogP) is -1.42. The van der Waals surface area contributed by atoms with Crippen molar-refractivity contribution in [3.63, 3.8) is 0 Å². The first-order valence-electron chi connectivity index (χ1n) is 4.48. The van der Waals surface area contributed by atoms with Crippen LogP contribution in [-0.2, 0) is 19.0 Å². The lowest BCUT2D eigenvalue weighted by atomic mass is 10.0. The molecule has 2 N–H and O–H groups in total. The van der Waals surface area contributed by atoms with Gasteiger partial charge in [-0.3, -0.25) is 0 Å². The number of aliphatic hydroxyl groups excluding tert-OH is 2. The van der Waals surface area contributed by atoms with Crippen molar-refractivity contribution in [1.29, 1.82) is 0 Å². The molecule has 4 atom stereocenters. The number of aldehydes is 1. The molecule has 90 valence electrons. The number of rotatable bonds is 8. The maximum Gasteiger partial charge on any atom is 0.151 e. The Morgan fingerprint density at radius 2 is 1.80 bits per heavy atom. The quantitative estimate of drug-likeness (QED) is 0.490. The predicted molar refractivity (Wildman–Crippen MR) is 51.5 cm³/mol. The molecule has 0 spiro atoms. The standard InChI is InChI=1S/C9H18O6/c1-13-5-6(11)9(15-3)8(12)7(4-10)14-2/h4,6-9,11-12H,5H2,1-3H3/t6-,7+,8-,9-/m1/s1. The average Bonchev–Trinajstić information content (AvgIpc) is 2.21. The van der Waals surface area contributed by atoms with E-state index in [9.17, 15) is 15.0 Å². The highest BCUT2D eigenvalue weighted by Crippen LogP contribution is 2.10. The van der Waals surface area contributed by atoms with Gasteiger partial charge in [-0.15, -0.1) is 0 Å². The average molecular weight is 222 g/mol. The van der Waals surface area contributed by atoms with Gasteiger partial charge in [-0.2, -0.15) is 0 Å². The number of carbonyl (C=O) groups excluding carboxylic acids is 1. The SMILES string of the molecule is COC[C@@H](O)[C@@H](OC)[C@H](O)[C@H](C=O)OC. The molecule has 0 bridgehead atoms. The monoisotopic (exact) mass is 222 g/mol. The van der Waals surface area contributed by atoms with Gasteiger partial charge >= 0.3 is 0 Å². The first kappa shape index (κ1) is 14.5. The fraction of sp³-hybridized carbons (Fsp3) is 0.889. The van der Waals surface area contributed by atoms with Crippen LogP contribution in [0.25, 0.3) is 0 Å². The van der Waals surface area contributed by atoms with Crippen molar-refractivity contribution in [3.05, 3.63) is 0 Å². The fourth-order valence-electron chi connectivity index (χ4n) is 1.25. The zero-order valence-corrected chi connectivity index (χ0v) is 9.12. The van der Waals surface area contributed by atoms with Gasteiger partial charge in [-0.25, -0.2) is 0 Å². The molecule has 0 radical (unpaired) electrons. The molecule has 0 aliphatic heterocycles. The Balaban J connectivity index is 4.43. The smallest absolute Gasteiger partial charge is 0.151 e. The number of ether oxygens (including phenoxy) is 3. The summed E-state index contributed by atoms with van der Waals surface area (Å²) in [5.41, 5.74) is 0. The summed E-state index contributed by atoms with van der Waals surface area (Å²) in [5.74, 6) is 0. The lowest BCUT2D eigenvalue weighted by molar-refractivity contribution is -0.148. The van der Waals surface area contributed by atoms with Crippen LogP contribution in [0.4, 0.5) is 0 Å². The highest BCUT2D eigenvalue weighted by Gasteiger charge is 2.32. The van der Waals surface area contributed by atoms with Gasteiger partial charge in [0, 0.05) is 21.3 Å². The van der Waals surface area contributed by atoms with Crippen molar-refractivity contribution in [2.24, 2.45) is 0 Å². The Hall–Kier alpha value is -0.530. The third-order valence-corrected chi connectivity index (χ3v) is 2.07. The zero-order chi connectivity index (χ0) is 11.8. The van der Waals surface area contributed by atoms with Crippen LogP contribution in [0.3, 0.4) is 0 Å². The number of aliphatic hydroxyl groups is 2. The van der Waals surface area contributed by atoms with E-state index in [4.69, 9.17) is 14.2 Å². The minimum atomic E-state index is -1.23. The third kappa shape index (κ3) is 4.23. The van der Waals surface area contributed by atoms with E-state index >= 15 is 0 Å². The van der Waals surface area contributed by atoms with E-state index < -0.39 is 24.4 Å². The van der Waals surface area contributed by atoms with Gasteiger partial charge in [0.1, 0.15) is 24.4 Å². The summed E-state index contributed by atoms with van der Waals surface area (Å²) in [5, 5.41) is 19.2. The van der Waals surface area contributed by atoms with Crippen molar-refractivity contribution < 1.29 is 29.2 Å². The Morgan fingerprint density at radius 1 is 1.20 bits per heavy atom. The van der Waals surface area contributed by atoms with Gasteiger partial charge in [-0.1, -0.05) is 0 Å². The van der Waals surface area contributed by atoms with Crippen LogP contribution < -0.4 is 0 Å². The van der Waals surface area contributed by atoms with E-state index in [2.05, 4.69) is 0 Å². The summed E-state index contributed by atoms with van der Waals surface area (Å²) < 4.78 is 14.3. The van der Waals surface area contributed by atoms with E-state index in [1.807, 2.05) is 0 Å². The summed E-state index contributed by atoms with van der Waals surface area (Å²) in [7, 11) is 4.03. The minimum absolute atomic E-state index is 0.00482. The van der Waals surface area contributed by atoms with Crippen LogP contribution in [0, 0.1) is 0 Å². The van der Waals surface area contributed by atoms with Crippen LogP contribution >= 0.6 is 0 Å². The highest BCUT2D eigenvalue weighted by molar-refractivity contribution is 5.57. The highest BCUT2D eigenvalue weighted by atomic mass is 16.5. The molecular weight excluding hydrogens is 204 g/mol. The number of methoxy groups -OCH3 is 3. The van der Waals surface area contributed by atoms with Gasteiger partial charge in [-0.05, 0) is 0 Å². The molecule has 0 aliphatic carbocycles. The van der Waals surface area contributed by atoms with Gasteiger partial charge in [0.05, 0.1) is 6.61 Å². The summed E-state index contributed by atoms with van der Waals surface area (Å²) in [6.07, 6.45) is -3.76. The van der Waals surface area contributed by atoms with Crippen molar-refractivity contribution >= 4 is 6.29 Å². The zero-order valence-electron chi connectivity index (χ0n) is 9.12. The second-order valence-corrected chi connectivity index (χ2v) is 3.05. The molecule has 0 aliphatic rings. The van der Waals surface area contributed by atoms with E-state index in [0.717, 1.165) is 0 Å². The molecule has 0 rings (SSSR count). The number of hydrogen-bond acceptors (Lipinski definition) is 6. The molecule has 0 heterocycles. The second-order valence-electron chi connectivity index (χ2n) is 3.05. The molecule has 6 nitrogen and oxygen atoms in total. The van der Waals surface area contributed by atoms with E-state index in [-0.39, 0.29) is 6.61 Å². The lowest BCUT2D eigenvalue weighted by Gasteiger charge is -2.28. The summed E-state index contributed by atoms with van der Waals surface area (Å²) in [6.45, 7) is 0.00482. The maximum atomic E-state index is 10.5. The Morgan fingerprint density at radius 3 is 2.13 bits per heavy atom. The second kappa shape index (κ2) is 7.72. The molecule has 6 heteroatoms. The minimum Gasteiger partial charge on any atom is -0.388 e. The van der Waals surface area contributed by atoms with E-state index in [1.165, 1.54) is 21.3 Å². The molecule has 0 saturated carbocycles. The Kier molecular flexibility index (Phi) is 7.45. The molecule has 0 aromatic rings.